The number of aromatic nitrogens is 2. The van der Waals surface area contributed by atoms with Gasteiger partial charge in [-0.15, -0.1) is 0 Å². The van der Waals surface area contributed by atoms with Crippen LogP contribution in [0.15, 0.2) is 230 Å². The Morgan fingerprint density at radius 3 is 1.03 bits per heavy atom. The second-order valence-electron chi connectivity index (χ2n) is 16.3. The number of carboxylic acids is 2. The fraction of sp³-hybridized carbons (Fsp3) is 0.0333. The first-order valence-electron chi connectivity index (χ1n) is 22.5. The van der Waals surface area contributed by atoms with Gasteiger partial charge in [-0.2, -0.15) is 10.5 Å². The van der Waals surface area contributed by atoms with Crippen LogP contribution >= 0.6 is 0 Å². The van der Waals surface area contributed by atoms with Crippen LogP contribution in [0, 0.1) is 22.7 Å². The van der Waals surface area contributed by atoms with E-state index in [9.17, 15) is 30.3 Å². The third kappa shape index (κ3) is 9.93. The minimum Gasteiger partial charge on any atom is -0.477 e. The van der Waals surface area contributed by atoms with Gasteiger partial charge in [0, 0.05) is 81.1 Å². The molecule has 0 spiro atoms. The molecule has 0 fully saturated rings. The third-order valence-electron chi connectivity index (χ3n) is 11.9. The van der Waals surface area contributed by atoms with Gasteiger partial charge in [-0.3, -0.25) is 0 Å². The zero-order valence-corrected chi connectivity index (χ0v) is 37.7. The van der Waals surface area contributed by atoms with Crippen LogP contribution in [0.3, 0.4) is 0 Å². The molecule has 0 aliphatic carbocycles. The molecule has 9 rings (SSSR count). The zero-order valence-electron chi connectivity index (χ0n) is 37.7. The molecular formula is C60H44N6O4. The Morgan fingerprint density at radius 1 is 0.414 bits per heavy atom. The van der Waals surface area contributed by atoms with E-state index in [0.717, 1.165) is 67.8 Å². The van der Waals surface area contributed by atoms with E-state index in [1.165, 1.54) is 12.2 Å². The Bertz CT molecular complexity index is 3150. The number of carboxylic acid groups (broad SMARTS) is 2. The molecule has 0 saturated carbocycles. The Kier molecular flexibility index (Phi) is 13.4. The fourth-order valence-electron chi connectivity index (χ4n) is 8.58. The van der Waals surface area contributed by atoms with Gasteiger partial charge in [0.25, 0.3) is 0 Å². The lowest BCUT2D eigenvalue weighted by atomic mass is 10.1. The van der Waals surface area contributed by atoms with Gasteiger partial charge in [-0.25, -0.2) is 9.59 Å². The summed E-state index contributed by atoms with van der Waals surface area (Å²) in [6.07, 6.45) is 2.79. The van der Waals surface area contributed by atoms with Crippen LogP contribution in [0.25, 0.3) is 34.7 Å². The normalized spacial score (nSPS) is 11.3. The lowest BCUT2D eigenvalue weighted by molar-refractivity contribution is -0.133. The number of hydrogen-bond donors (Lipinski definition) is 2. The average molecular weight is 913 g/mol. The fourth-order valence-corrected chi connectivity index (χ4v) is 8.58. The summed E-state index contributed by atoms with van der Waals surface area (Å²) in [7, 11) is 0. The van der Waals surface area contributed by atoms with E-state index in [1.54, 1.807) is 0 Å². The third-order valence-corrected chi connectivity index (χ3v) is 11.9. The Morgan fingerprint density at radius 2 is 0.729 bits per heavy atom. The molecule has 2 N–H and O–H groups in total. The van der Waals surface area contributed by atoms with Crippen molar-refractivity contribution in [3.8, 4) is 34.7 Å². The quantitative estimate of drug-likeness (QED) is 0.0722. The summed E-state index contributed by atoms with van der Waals surface area (Å²) in [6, 6.07) is 76.0. The molecule has 2 aromatic heterocycles. The second-order valence-corrected chi connectivity index (χ2v) is 16.3. The summed E-state index contributed by atoms with van der Waals surface area (Å²) < 4.78 is 4.01. The molecule has 7 aromatic carbocycles. The molecule has 0 amide bonds. The smallest absolute Gasteiger partial charge is 0.346 e. The predicted octanol–water partition coefficient (Wildman–Crippen LogP) is 13.6. The Balaban J connectivity index is 1.07. The van der Waals surface area contributed by atoms with Crippen LogP contribution in [-0.4, -0.2) is 31.3 Å². The molecule has 9 aromatic rings. The first-order valence-corrected chi connectivity index (χ1v) is 22.5. The summed E-state index contributed by atoms with van der Waals surface area (Å²) in [5, 5.41) is 39.3. The molecule has 10 heteroatoms. The standard InChI is InChI=1S/C60H44N6O4/c61-39-47(59(67)68)37-53-31-33-57(45-15-13-25-55(35-45)65(49-17-5-1-6-18-49)50-19-7-2-8-20-50)63(53)41-43-27-29-44(30-28-43)42-64-54(38-48(40-62)60(69)70)32-34-58(64)46-16-14-26-56(36-46)66(51-21-9-3-10-22-51)52-23-11-4-12-24-52/h1-38H,41-42H2,(H,67,68)(H,69,70)/b47-37+,48-38+. The average Bonchev–Trinajstić information content (AvgIpc) is 3.99. The van der Waals surface area contributed by atoms with E-state index in [2.05, 4.69) is 82.6 Å². The number of rotatable bonds is 16. The molecule has 0 atom stereocenters. The van der Waals surface area contributed by atoms with Gasteiger partial charge in [0.2, 0.25) is 0 Å². The number of nitrogens with zero attached hydrogens (tertiary/aromatic N) is 6. The lowest BCUT2D eigenvalue weighted by Gasteiger charge is -2.26. The maximum Gasteiger partial charge on any atom is 0.346 e. The van der Waals surface area contributed by atoms with Crippen molar-refractivity contribution in [2.75, 3.05) is 9.80 Å². The summed E-state index contributed by atoms with van der Waals surface area (Å²) in [4.78, 5) is 28.5. The van der Waals surface area contributed by atoms with E-state index in [0.29, 0.717) is 24.5 Å². The van der Waals surface area contributed by atoms with Crippen molar-refractivity contribution in [2.24, 2.45) is 0 Å². The zero-order chi connectivity index (χ0) is 48.4. The predicted molar refractivity (Wildman–Crippen MR) is 276 cm³/mol. The van der Waals surface area contributed by atoms with E-state index in [-0.39, 0.29) is 11.1 Å². The molecule has 0 aliphatic rings. The highest BCUT2D eigenvalue weighted by atomic mass is 16.4. The number of para-hydroxylation sites is 4. The van der Waals surface area contributed by atoms with Crippen LogP contribution in [0.1, 0.15) is 22.5 Å². The van der Waals surface area contributed by atoms with Crippen molar-refractivity contribution >= 4 is 58.2 Å². The minimum atomic E-state index is -1.32. The highest BCUT2D eigenvalue weighted by Crippen LogP contribution is 2.39. The molecular weight excluding hydrogens is 869 g/mol. The highest BCUT2D eigenvalue weighted by molar-refractivity contribution is 5.97. The van der Waals surface area contributed by atoms with Crippen molar-refractivity contribution in [3.63, 3.8) is 0 Å². The maximum absolute atomic E-state index is 12.1. The van der Waals surface area contributed by atoms with Crippen LogP contribution < -0.4 is 9.80 Å². The summed E-state index contributed by atoms with van der Waals surface area (Å²) in [5.74, 6) is -2.63. The van der Waals surface area contributed by atoms with Crippen LogP contribution in [-0.2, 0) is 22.7 Å². The molecule has 338 valence electrons. The van der Waals surface area contributed by atoms with Gasteiger partial charge in [-0.1, -0.05) is 121 Å². The van der Waals surface area contributed by atoms with Crippen molar-refractivity contribution in [2.45, 2.75) is 13.1 Å². The van der Waals surface area contributed by atoms with E-state index in [4.69, 9.17) is 0 Å². The Hall–Kier alpha value is -9.90. The number of carbonyl (C=O) groups is 2. The molecule has 70 heavy (non-hydrogen) atoms. The largest absolute Gasteiger partial charge is 0.477 e. The van der Waals surface area contributed by atoms with Gasteiger partial charge in [0.15, 0.2) is 0 Å². The molecule has 10 nitrogen and oxygen atoms in total. The summed E-state index contributed by atoms with van der Waals surface area (Å²) >= 11 is 0. The summed E-state index contributed by atoms with van der Waals surface area (Å²) in [6.45, 7) is 0.689. The minimum absolute atomic E-state index is 0.344. The van der Waals surface area contributed by atoms with Gasteiger partial charge in [0.05, 0.1) is 0 Å². The number of anilines is 6. The van der Waals surface area contributed by atoms with Gasteiger partial charge < -0.3 is 29.1 Å². The first-order chi connectivity index (χ1) is 34.3. The molecule has 2 heterocycles. The van der Waals surface area contributed by atoms with Crippen molar-refractivity contribution < 1.29 is 19.8 Å². The van der Waals surface area contributed by atoms with Crippen molar-refractivity contribution in [1.29, 1.82) is 10.5 Å². The van der Waals surface area contributed by atoms with Gasteiger partial charge >= 0.3 is 11.9 Å². The lowest BCUT2D eigenvalue weighted by Crippen LogP contribution is -2.10. The maximum atomic E-state index is 12.1. The monoisotopic (exact) mass is 912 g/mol. The number of benzene rings is 7. The molecule has 0 radical (unpaired) electrons. The van der Waals surface area contributed by atoms with E-state index in [1.807, 2.05) is 167 Å². The molecule has 0 bridgehead atoms. The number of nitriles is 2. The molecule has 0 saturated heterocycles. The SMILES string of the molecule is N#C/C(=C\c1ccc(-c2cccc(N(c3ccccc3)c3ccccc3)c2)n1Cc1ccc(Cn2c(/C=C(\C#N)C(=O)O)ccc2-c2cccc(N(c3ccccc3)c3ccccc3)c2)cc1)C(=O)O. The number of hydrogen-bond acceptors (Lipinski definition) is 6. The van der Waals surface area contributed by atoms with Crippen LogP contribution in [0.4, 0.5) is 34.1 Å². The van der Waals surface area contributed by atoms with Crippen molar-refractivity contribution in [1.82, 2.24) is 9.13 Å². The van der Waals surface area contributed by atoms with Crippen molar-refractivity contribution in [3.05, 3.63) is 252 Å². The summed E-state index contributed by atoms with van der Waals surface area (Å²) in [5.41, 5.74) is 11.4. The second kappa shape index (κ2) is 20.7. The Labute approximate surface area is 405 Å². The molecule has 0 unspecified atom stereocenters. The molecule has 0 aliphatic heterocycles. The number of aliphatic carboxylic acids is 2. The first kappa shape index (κ1) is 45.3. The highest BCUT2D eigenvalue weighted by Gasteiger charge is 2.19. The van der Waals surface area contributed by atoms with E-state index < -0.39 is 11.9 Å². The van der Waals surface area contributed by atoms with E-state index >= 15 is 0 Å². The van der Waals surface area contributed by atoms with Gasteiger partial charge in [0.1, 0.15) is 23.3 Å². The van der Waals surface area contributed by atoms with Crippen LogP contribution in [0.2, 0.25) is 0 Å². The van der Waals surface area contributed by atoms with Gasteiger partial charge in [-0.05, 0) is 120 Å². The topological polar surface area (TPSA) is 139 Å². The van der Waals surface area contributed by atoms with Crippen LogP contribution in [0.5, 0.6) is 0 Å².